The van der Waals surface area contributed by atoms with E-state index >= 15 is 0 Å². The van der Waals surface area contributed by atoms with Crippen LogP contribution in [0.1, 0.15) is 77.0 Å². The largest absolute Gasteiger partial charge is 0.355 e. The van der Waals surface area contributed by atoms with Crippen LogP contribution in [0.25, 0.3) is 0 Å². The zero-order chi connectivity index (χ0) is 17.3. The van der Waals surface area contributed by atoms with Crippen molar-refractivity contribution in [1.29, 1.82) is 0 Å². The molecule has 0 atom stereocenters. The van der Waals surface area contributed by atoms with Crippen LogP contribution in [0.15, 0.2) is 0 Å². The number of carbonyl (C=O) groups excluding carboxylic acids is 2. The van der Waals surface area contributed by atoms with Gasteiger partial charge in [0.2, 0.25) is 11.8 Å². The summed E-state index contributed by atoms with van der Waals surface area (Å²) in [7, 11) is 0. The summed E-state index contributed by atoms with van der Waals surface area (Å²) in [5, 5.41) is 5.91. The minimum Gasteiger partial charge on any atom is -0.355 e. The van der Waals surface area contributed by atoms with E-state index in [1.807, 2.05) is 0 Å². The Hall–Kier alpha value is -1.06. The topological polar surface area (TPSA) is 58.2 Å². The maximum absolute atomic E-state index is 12.1. The Labute approximate surface area is 151 Å². The summed E-state index contributed by atoms with van der Waals surface area (Å²) in [4.78, 5) is 24.2. The van der Waals surface area contributed by atoms with E-state index in [0.29, 0.717) is 5.41 Å². The van der Waals surface area contributed by atoms with E-state index in [9.17, 15) is 9.59 Å². The van der Waals surface area contributed by atoms with E-state index < -0.39 is 0 Å². The highest BCUT2D eigenvalue weighted by Gasteiger charge is 2.50. The number of amides is 2. The average Bonchev–Trinajstić information content (AvgIpc) is 2.59. The average molecular weight is 347 g/mol. The third kappa shape index (κ3) is 4.03. The first-order valence-electron chi connectivity index (χ1n) is 10.7. The molecule has 2 amide bonds. The lowest BCUT2D eigenvalue weighted by Gasteiger charge is -2.57. The highest BCUT2D eigenvalue weighted by Crippen LogP contribution is 2.61. The second kappa shape index (κ2) is 7.28. The summed E-state index contributed by atoms with van der Waals surface area (Å²) in [6.45, 7) is 0.931. The molecule has 0 heterocycles. The van der Waals surface area contributed by atoms with Gasteiger partial charge in [0, 0.05) is 12.5 Å². The number of carbonyl (C=O) groups is 2. The van der Waals surface area contributed by atoms with Crippen molar-refractivity contribution in [3.63, 3.8) is 0 Å². The van der Waals surface area contributed by atoms with Crippen LogP contribution in [0.4, 0.5) is 0 Å². The van der Waals surface area contributed by atoms with Gasteiger partial charge in [-0.3, -0.25) is 9.59 Å². The number of nitrogens with one attached hydrogen (secondary N) is 2. The van der Waals surface area contributed by atoms with Crippen molar-refractivity contribution in [3.8, 4) is 0 Å². The number of hydrogen-bond acceptors (Lipinski definition) is 2. The monoisotopic (exact) mass is 346 g/mol. The van der Waals surface area contributed by atoms with Crippen LogP contribution in [-0.2, 0) is 9.59 Å². The Balaban J connectivity index is 1.16. The summed E-state index contributed by atoms with van der Waals surface area (Å²) in [6.07, 6.45) is 15.3. The lowest BCUT2D eigenvalue weighted by Crippen LogP contribution is -2.47. The molecule has 5 saturated carbocycles. The van der Waals surface area contributed by atoms with Crippen molar-refractivity contribution in [1.82, 2.24) is 10.6 Å². The van der Waals surface area contributed by atoms with Gasteiger partial charge in [0.25, 0.3) is 0 Å². The number of hydrogen-bond donors (Lipinski definition) is 2. The molecule has 5 fully saturated rings. The smallest absolute Gasteiger partial charge is 0.239 e. The molecule has 4 heteroatoms. The van der Waals surface area contributed by atoms with Crippen LogP contribution in [0.2, 0.25) is 0 Å². The van der Waals surface area contributed by atoms with Crippen molar-refractivity contribution in [2.75, 3.05) is 13.1 Å². The minimum atomic E-state index is -0.0195. The van der Waals surface area contributed by atoms with Gasteiger partial charge in [-0.25, -0.2) is 0 Å². The Morgan fingerprint density at radius 3 is 2.04 bits per heavy atom. The Morgan fingerprint density at radius 2 is 1.44 bits per heavy atom. The van der Waals surface area contributed by atoms with E-state index in [-0.39, 0.29) is 24.3 Å². The lowest BCUT2D eigenvalue weighted by atomic mass is 9.49. The molecule has 4 bridgehead atoms. The molecule has 0 saturated heterocycles. The summed E-state index contributed by atoms with van der Waals surface area (Å²) in [5.74, 6) is 3.10. The van der Waals surface area contributed by atoms with Gasteiger partial charge in [-0.05, 0) is 81.0 Å². The maximum atomic E-state index is 12.1. The van der Waals surface area contributed by atoms with Gasteiger partial charge in [0.15, 0.2) is 0 Å². The lowest BCUT2D eigenvalue weighted by molar-refractivity contribution is -0.129. The quantitative estimate of drug-likeness (QED) is 0.774. The molecule has 2 N–H and O–H groups in total. The fraction of sp³-hybridized carbons (Fsp3) is 0.905. The van der Waals surface area contributed by atoms with Crippen LogP contribution >= 0.6 is 0 Å². The summed E-state index contributed by atoms with van der Waals surface area (Å²) < 4.78 is 0. The van der Waals surface area contributed by atoms with Crippen LogP contribution in [0, 0.1) is 29.1 Å². The zero-order valence-electron chi connectivity index (χ0n) is 15.5. The Morgan fingerprint density at radius 1 is 0.840 bits per heavy atom. The van der Waals surface area contributed by atoms with Crippen molar-refractivity contribution < 1.29 is 9.59 Å². The van der Waals surface area contributed by atoms with Crippen LogP contribution in [0.5, 0.6) is 0 Å². The van der Waals surface area contributed by atoms with E-state index in [4.69, 9.17) is 0 Å². The summed E-state index contributed by atoms with van der Waals surface area (Å²) in [5.41, 5.74) is 0.521. The van der Waals surface area contributed by atoms with Crippen molar-refractivity contribution in [2.45, 2.75) is 77.0 Å². The van der Waals surface area contributed by atoms with Crippen LogP contribution < -0.4 is 10.6 Å². The van der Waals surface area contributed by atoms with Gasteiger partial charge in [0.05, 0.1) is 6.54 Å². The van der Waals surface area contributed by atoms with E-state index in [0.717, 1.165) is 56.4 Å². The molecule has 140 valence electrons. The van der Waals surface area contributed by atoms with E-state index in [2.05, 4.69) is 10.6 Å². The molecule has 0 spiro atoms. The summed E-state index contributed by atoms with van der Waals surface area (Å²) >= 11 is 0. The van der Waals surface area contributed by atoms with Crippen molar-refractivity contribution >= 4 is 11.8 Å². The number of rotatable bonds is 6. The SMILES string of the molecule is O=C(CNC(=O)C1CCCCC1)NCCC12CC3CC(CC(C3)C1)C2. The van der Waals surface area contributed by atoms with Gasteiger partial charge >= 0.3 is 0 Å². The molecule has 0 aromatic rings. The van der Waals surface area contributed by atoms with Crippen LogP contribution in [0.3, 0.4) is 0 Å². The molecule has 4 nitrogen and oxygen atoms in total. The molecule has 0 radical (unpaired) electrons. The molecule has 0 aromatic heterocycles. The Bertz CT molecular complexity index is 475. The highest BCUT2D eigenvalue weighted by molar-refractivity contribution is 5.85. The van der Waals surface area contributed by atoms with Crippen molar-refractivity contribution in [2.24, 2.45) is 29.1 Å². The van der Waals surface area contributed by atoms with Crippen LogP contribution in [-0.4, -0.2) is 24.9 Å². The van der Waals surface area contributed by atoms with Gasteiger partial charge in [-0.1, -0.05) is 19.3 Å². The standard InChI is InChI=1S/C21H34N2O2/c24-19(14-23-20(25)18-4-2-1-3-5-18)22-7-6-21-11-15-8-16(12-21)10-17(9-15)13-21/h15-18H,1-14H2,(H,22,24)(H,23,25). The van der Waals surface area contributed by atoms with Crippen molar-refractivity contribution in [3.05, 3.63) is 0 Å². The normalized spacial score (nSPS) is 37.0. The highest BCUT2D eigenvalue weighted by atomic mass is 16.2. The van der Waals surface area contributed by atoms with E-state index in [1.54, 1.807) is 0 Å². The zero-order valence-corrected chi connectivity index (χ0v) is 15.5. The van der Waals surface area contributed by atoms with Gasteiger partial charge < -0.3 is 10.6 Å². The predicted molar refractivity (Wildman–Crippen MR) is 97.8 cm³/mol. The first-order valence-corrected chi connectivity index (χ1v) is 10.7. The second-order valence-electron chi connectivity index (χ2n) is 9.57. The molecule has 0 unspecified atom stereocenters. The summed E-state index contributed by atoms with van der Waals surface area (Å²) in [6, 6.07) is 0. The van der Waals surface area contributed by atoms with Gasteiger partial charge in [-0.2, -0.15) is 0 Å². The third-order valence-electron chi connectivity index (χ3n) is 7.54. The molecule has 5 aliphatic rings. The van der Waals surface area contributed by atoms with Gasteiger partial charge in [0.1, 0.15) is 0 Å². The second-order valence-corrected chi connectivity index (χ2v) is 9.57. The minimum absolute atomic E-state index is 0.0195. The third-order valence-corrected chi connectivity index (χ3v) is 7.54. The molecular formula is C21H34N2O2. The predicted octanol–water partition coefficient (Wildman–Crippen LogP) is 3.41. The first-order chi connectivity index (χ1) is 12.1. The fourth-order valence-corrected chi connectivity index (χ4v) is 6.80. The molecule has 5 aliphatic carbocycles. The van der Waals surface area contributed by atoms with E-state index in [1.165, 1.54) is 44.9 Å². The molecule has 0 aliphatic heterocycles. The van der Waals surface area contributed by atoms with Gasteiger partial charge in [-0.15, -0.1) is 0 Å². The maximum Gasteiger partial charge on any atom is 0.239 e. The molecule has 25 heavy (non-hydrogen) atoms. The molecular weight excluding hydrogens is 312 g/mol. The fourth-order valence-electron chi connectivity index (χ4n) is 6.80. The Kier molecular flexibility index (Phi) is 5.06. The molecule has 0 aromatic carbocycles. The first kappa shape index (κ1) is 17.4. The molecule has 5 rings (SSSR count).